The quantitative estimate of drug-likeness (QED) is 0.423. The molecule has 0 bridgehead atoms. The minimum atomic E-state index is -0.201. The Morgan fingerprint density at radius 3 is 2.74 bits per heavy atom. The van der Waals surface area contributed by atoms with E-state index in [0.29, 0.717) is 18.2 Å². The highest BCUT2D eigenvalue weighted by atomic mass is 35.5. The number of piperidine rings is 1. The van der Waals surface area contributed by atoms with Gasteiger partial charge in [0.25, 0.3) is 0 Å². The highest BCUT2D eigenvalue weighted by Crippen LogP contribution is 2.36. The summed E-state index contributed by atoms with van der Waals surface area (Å²) >= 11 is 6.10. The second-order valence-corrected chi connectivity index (χ2v) is 9.11. The average Bonchev–Trinajstić information content (AvgIpc) is 3.21. The summed E-state index contributed by atoms with van der Waals surface area (Å²) in [7, 11) is 1.63. The van der Waals surface area contributed by atoms with Gasteiger partial charge in [0.2, 0.25) is 11.9 Å². The van der Waals surface area contributed by atoms with Gasteiger partial charge in [-0.15, -0.1) is 0 Å². The molecule has 1 atom stereocenters. The molecule has 8 nitrogen and oxygen atoms in total. The van der Waals surface area contributed by atoms with Gasteiger partial charge in [0, 0.05) is 30.4 Å². The van der Waals surface area contributed by atoms with E-state index in [9.17, 15) is 4.79 Å². The second-order valence-electron chi connectivity index (χ2n) is 8.67. The molecular formula is C26H27ClN6O2. The van der Waals surface area contributed by atoms with Crippen molar-refractivity contribution >= 4 is 34.5 Å². The van der Waals surface area contributed by atoms with Gasteiger partial charge in [-0.05, 0) is 49.1 Å². The van der Waals surface area contributed by atoms with Crippen LogP contribution in [-0.2, 0) is 22.7 Å². The van der Waals surface area contributed by atoms with Crippen LogP contribution in [0.15, 0.2) is 54.7 Å². The van der Waals surface area contributed by atoms with Gasteiger partial charge in [0.1, 0.15) is 19.0 Å². The smallest absolute Gasteiger partial charge is 0.243 e. The monoisotopic (exact) mass is 490 g/mol. The van der Waals surface area contributed by atoms with E-state index in [-0.39, 0.29) is 24.4 Å². The molecule has 2 aromatic heterocycles. The zero-order chi connectivity index (χ0) is 24.4. The molecule has 2 N–H and O–H groups in total. The van der Waals surface area contributed by atoms with E-state index in [1.54, 1.807) is 13.3 Å². The van der Waals surface area contributed by atoms with Crippen LogP contribution in [0.5, 0.6) is 0 Å². The average molecular weight is 491 g/mol. The first-order valence-corrected chi connectivity index (χ1v) is 12.0. The number of methoxy groups -OCH3 is 1. The maximum Gasteiger partial charge on any atom is 0.243 e. The van der Waals surface area contributed by atoms with Crippen molar-refractivity contribution in [3.63, 3.8) is 0 Å². The Kier molecular flexibility index (Phi) is 6.66. The summed E-state index contributed by atoms with van der Waals surface area (Å²) in [5.74, 6) is 0.928. The van der Waals surface area contributed by atoms with Crippen LogP contribution in [0, 0.1) is 0 Å². The maximum atomic E-state index is 13.8. The largest absolute Gasteiger partial charge is 0.377 e. The molecule has 1 saturated heterocycles. The lowest BCUT2D eigenvalue weighted by Crippen LogP contribution is -2.41. The number of halogens is 1. The number of hydrogen-bond donors (Lipinski definition) is 1. The number of carbonyl (C=O) groups is 1. The summed E-state index contributed by atoms with van der Waals surface area (Å²) in [4.78, 5) is 29.2. The standard InChI is InChI=1S/C26H27ClN6O2/c1-35-16-23-30-20-6-2-3-7-21(20)33(23)15-24(34)32-13-5-4-8-22(32)25-19(14-29-26(28)31-25)17-9-11-18(27)12-10-17/h2-3,6-7,9-12,14,22H,4-5,8,13,15-16H2,1H3,(H2,28,29,31)/t22-/m0/s1. The molecular weight excluding hydrogens is 464 g/mol. The number of benzene rings is 2. The van der Waals surface area contributed by atoms with Crippen molar-refractivity contribution < 1.29 is 9.53 Å². The number of likely N-dealkylation sites (tertiary alicyclic amines) is 1. The van der Waals surface area contributed by atoms with Crippen molar-refractivity contribution in [2.75, 3.05) is 19.4 Å². The van der Waals surface area contributed by atoms with Crippen LogP contribution in [0.25, 0.3) is 22.2 Å². The molecule has 1 aliphatic rings. The molecule has 180 valence electrons. The number of hydrogen-bond acceptors (Lipinski definition) is 6. The molecule has 9 heteroatoms. The lowest BCUT2D eigenvalue weighted by Gasteiger charge is -2.36. The predicted molar refractivity (Wildman–Crippen MR) is 136 cm³/mol. The number of imidazole rings is 1. The summed E-state index contributed by atoms with van der Waals surface area (Å²) in [5.41, 5.74) is 10.3. The van der Waals surface area contributed by atoms with Crippen LogP contribution < -0.4 is 5.73 Å². The van der Waals surface area contributed by atoms with Crippen molar-refractivity contribution in [1.82, 2.24) is 24.4 Å². The van der Waals surface area contributed by atoms with Crippen LogP contribution >= 0.6 is 11.6 Å². The van der Waals surface area contributed by atoms with Crippen molar-refractivity contribution in [3.05, 3.63) is 71.3 Å². The number of anilines is 1. The SMILES string of the molecule is COCc1nc2ccccc2n1CC(=O)N1CCCC[C@H]1c1nc(N)ncc1-c1ccc(Cl)cc1. The molecule has 5 rings (SSSR count). The second kappa shape index (κ2) is 10.0. The van der Waals surface area contributed by atoms with E-state index in [0.717, 1.165) is 52.9 Å². The molecule has 2 aromatic carbocycles. The summed E-state index contributed by atoms with van der Waals surface area (Å²) in [5, 5.41) is 0.653. The molecule has 0 spiro atoms. The van der Waals surface area contributed by atoms with E-state index < -0.39 is 0 Å². The molecule has 35 heavy (non-hydrogen) atoms. The summed E-state index contributed by atoms with van der Waals surface area (Å²) in [6, 6.07) is 15.2. The van der Waals surface area contributed by atoms with E-state index in [1.165, 1.54) is 0 Å². The fourth-order valence-corrected chi connectivity index (χ4v) is 4.92. The molecule has 1 amide bonds. The van der Waals surface area contributed by atoms with Gasteiger partial charge in [-0.3, -0.25) is 4.79 Å². The number of para-hydroxylation sites is 2. The first-order valence-electron chi connectivity index (χ1n) is 11.7. The number of amides is 1. The van der Waals surface area contributed by atoms with Gasteiger partial charge in [0.15, 0.2) is 0 Å². The number of ether oxygens (including phenoxy) is 1. The third-order valence-electron chi connectivity index (χ3n) is 6.43. The Morgan fingerprint density at radius 2 is 1.94 bits per heavy atom. The Bertz CT molecular complexity index is 1350. The van der Waals surface area contributed by atoms with Gasteiger partial charge in [-0.2, -0.15) is 0 Å². The lowest BCUT2D eigenvalue weighted by atomic mass is 9.93. The highest BCUT2D eigenvalue weighted by Gasteiger charge is 2.32. The normalized spacial score (nSPS) is 16.1. The van der Waals surface area contributed by atoms with Gasteiger partial charge in [0.05, 0.1) is 22.8 Å². The van der Waals surface area contributed by atoms with E-state index in [4.69, 9.17) is 22.1 Å². The summed E-state index contributed by atoms with van der Waals surface area (Å²) < 4.78 is 7.30. The third kappa shape index (κ3) is 4.72. The summed E-state index contributed by atoms with van der Waals surface area (Å²) in [6.07, 6.45) is 4.48. The number of fused-ring (bicyclic) bond motifs is 1. The van der Waals surface area contributed by atoms with Crippen LogP contribution in [0.1, 0.15) is 36.8 Å². The van der Waals surface area contributed by atoms with Crippen LogP contribution in [0.3, 0.4) is 0 Å². The first-order chi connectivity index (χ1) is 17.0. The fourth-order valence-electron chi connectivity index (χ4n) is 4.80. The molecule has 4 aromatic rings. The van der Waals surface area contributed by atoms with E-state index >= 15 is 0 Å². The van der Waals surface area contributed by atoms with Crippen molar-refractivity contribution in [2.24, 2.45) is 0 Å². The van der Waals surface area contributed by atoms with E-state index in [2.05, 4.69) is 15.0 Å². The summed E-state index contributed by atoms with van der Waals surface area (Å²) in [6.45, 7) is 1.15. The number of rotatable bonds is 6. The van der Waals surface area contributed by atoms with Crippen molar-refractivity contribution in [2.45, 2.75) is 38.5 Å². The topological polar surface area (TPSA) is 99.2 Å². The lowest BCUT2D eigenvalue weighted by molar-refractivity contribution is -0.135. The number of aromatic nitrogens is 4. The molecule has 3 heterocycles. The molecule has 1 aliphatic heterocycles. The van der Waals surface area contributed by atoms with Gasteiger partial charge < -0.3 is 19.9 Å². The van der Waals surface area contributed by atoms with Gasteiger partial charge in [-0.25, -0.2) is 15.0 Å². The Labute approximate surface area is 208 Å². The highest BCUT2D eigenvalue weighted by molar-refractivity contribution is 6.30. The Hall–Kier alpha value is -3.49. The first kappa shape index (κ1) is 23.3. The Morgan fingerprint density at radius 1 is 1.14 bits per heavy atom. The zero-order valence-corrected chi connectivity index (χ0v) is 20.3. The maximum absolute atomic E-state index is 13.8. The number of nitrogens with zero attached hydrogens (tertiary/aromatic N) is 5. The number of nitrogen functional groups attached to an aromatic ring is 1. The number of nitrogens with two attached hydrogens (primary N) is 1. The van der Waals surface area contributed by atoms with Crippen molar-refractivity contribution in [3.8, 4) is 11.1 Å². The molecule has 0 radical (unpaired) electrons. The zero-order valence-electron chi connectivity index (χ0n) is 19.5. The minimum absolute atomic E-state index is 0.00875. The van der Waals surface area contributed by atoms with Crippen molar-refractivity contribution in [1.29, 1.82) is 0 Å². The van der Waals surface area contributed by atoms with Crippen LogP contribution in [0.4, 0.5) is 5.95 Å². The molecule has 0 aliphatic carbocycles. The predicted octanol–water partition coefficient (Wildman–Crippen LogP) is 4.63. The number of carbonyl (C=O) groups excluding carboxylic acids is 1. The minimum Gasteiger partial charge on any atom is -0.377 e. The van der Waals surface area contributed by atoms with Gasteiger partial charge in [-0.1, -0.05) is 35.9 Å². The molecule has 0 saturated carbocycles. The third-order valence-corrected chi connectivity index (χ3v) is 6.68. The van der Waals surface area contributed by atoms with E-state index in [1.807, 2.05) is 58.0 Å². The van der Waals surface area contributed by atoms with Gasteiger partial charge >= 0.3 is 0 Å². The molecule has 0 unspecified atom stereocenters. The fraction of sp³-hybridized carbons (Fsp3) is 0.308. The molecule has 1 fully saturated rings. The Balaban J connectivity index is 1.50. The van der Waals surface area contributed by atoms with Crippen LogP contribution in [-0.4, -0.2) is 44.0 Å². The van der Waals surface area contributed by atoms with Crippen LogP contribution in [0.2, 0.25) is 5.02 Å².